The lowest BCUT2D eigenvalue weighted by atomic mass is 9.97. The summed E-state index contributed by atoms with van der Waals surface area (Å²) in [4.78, 5) is 17.8. The third kappa shape index (κ3) is 4.95. The molecule has 0 spiro atoms. The van der Waals surface area contributed by atoms with Crippen LogP contribution in [0.15, 0.2) is 51.7 Å². The van der Waals surface area contributed by atoms with Gasteiger partial charge in [0.1, 0.15) is 0 Å². The van der Waals surface area contributed by atoms with Crippen LogP contribution in [0.3, 0.4) is 0 Å². The van der Waals surface area contributed by atoms with Crippen LogP contribution in [-0.4, -0.2) is 17.4 Å². The molecule has 0 unspecified atom stereocenters. The van der Waals surface area contributed by atoms with E-state index >= 15 is 0 Å². The van der Waals surface area contributed by atoms with E-state index in [0.29, 0.717) is 0 Å². The fraction of sp³-hybridized carbons (Fsp3) is 0.368. The van der Waals surface area contributed by atoms with E-state index in [9.17, 15) is 4.79 Å². The predicted octanol–water partition coefficient (Wildman–Crippen LogP) is 5.06. The Morgan fingerprint density at radius 2 is 2.21 bits per heavy atom. The van der Waals surface area contributed by atoms with Gasteiger partial charge in [-0.1, -0.05) is 23.8 Å². The van der Waals surface area contributed by atoms with Crippen molar-refractivity contribution < 1.29 is 4.79 Å². The van der Waals surface area contributed by atoms with Gasteiger partial charge in [-0.05, 0) is 44.2 Å². The number of aromatic nitrogens is 1. The van der Waals surface area contributed by atoms with Gasteiger partial charge in [-0.3, -0.25) is 4.79 Å². The third-order valence-corrected chi connectivity index (χ3v) is 5.85. The highest BCUT2D eigenvalue weighted by Gasteiger charge is 2.12. The fourth-order valence-corrected chi connectivity index (χ4v) is 4.42. The Hall–Kier alpha value is -1.59. The molecule has 0 saturated carbocycles. The van der Waals surface area contributed by atoms with E-state index in [1.54, 1.807) is 23.1 Å². The van der Waals surface area contributed by atoms with Crippen LogP contribution in [-0.2, 0) is 5.75 Å². The van der Waals surface area contributed by atoms with Crippen LogP contribution in [0.5, 0.6) is 0 Å². The van der Waals surface area contributed by atoms with Crippen LogP contribution >= 0.6 is 23.1 Å². The Bertz CT molecular complexity index is 695. The molecule has 24 heavy (non-hydrogen) atoms. The topological polar surface area (TPSA) is 42.0 Å². The molecule has 0 aliphatic heterocycles. The van der Waals surface area contributed by atoms with Crippen molar-refractivity contribution in [3.63, 3.8) is 0 Å². The lowest BCUT2D eigenvalue weighted by Crippen LogP contribution is -2.25. The van der Waals surface area contributed by atoms with Gasteiger partial charge in [0.25, 0.3) is 5.91 Å². The average Bonchev–Trinajstić information content (AvgIpc) is 3.14. The normalized spacial score (nSPS) is 14.2. The van der Waals surface area contributed by atoms with E-state index in [-0.39, 0.29) is 5.91 Å². The largest absolute Gasteiger partial charge is 0.352 e. The number of hydrogen-bond acceptors (Lipinski definition) is 4. The fourth-order valence-electron chi connectivity index (χ4n) is 2.80. The second-order valence-electron chi connectivity index (χ2n) is 5.88. The Balaban J connectivity index is 1.54. The smallest absolute Gasteiger partial charge is 0.252 e. The van der Waals surface area contributed by atoms with Crippen LogP contribution in [0.4, 0.5) is 0 Å². The number of benzene rings is 1. The zero-order chi connectivity index (χ0) is 16.6. The number of thiazole rings is 1. The van der Waals surface area contributed by atoms with Crippen molar-refractivity contribution in [2.24, 2.45) is 0 Å². The number of nitrogens with zero attached hydrogens (tertiary/aromatic N) is 1. The summed E-state index contributed by atoms with van der Waals surface area (Å²) in [7, 11) is 0. The number of hydrogen-bond donors (Lipinski definition) is 1. The summed E-state index contributed by atoms with van der Waals surface area (Å²) in [5.41, 5.74) is 5.15. The number of thioether (sulfide) groups is 1. The minimum absolute atomic E-state index is 0.0211. The summed E-state index contributed by atoms with van der Waals surface area (Å²) >= 11 is 3.27. The third-order valence-electron chi connectivity index (χ3n) is 4.11. The van der Waals surface area contributed by atoms with E-state index in [4.69, 9.17) is 0 Å². The summed E-state index contributed by atoms with van der Waals surface area (Å²) in [5.74, 6) is 0.813. The molecule has 3 nitrogen and oxygen atoms in total. The highest BCUT2D eigenvalue weighted by Crippen LogP contribution is 2.26. The van der Waals surface area contributed by atoms with Crippen molar-refractivity contribution in [3.8, 4) is 0 Å². The zero-order valence-corrected chi connectivity index (χ0v) is 15.3. The van der Waals surface area contributed by atoms with Crippen molar-refractivity contribution >= 4 is 29.0 Å². The standard InChI is InChI=1S/C19H22N2OS2/c22-19(20-11-10-15-6-2-1-3-7-15)17-8-4-5-9-18(17)24-13-16-12-23-14-21-16/h4-6,8-9,12,14H,1-3,7,10-11,13H2,(H,20,22). The molecule has 1 heterocycles. The van der Waals surface area contributed by atoms with Crippen molar-refractivity contribution in [2.45, 2.75) is 42.8 Å². The number of rotatable bonds is 7. The molecule has 1 aliphatic rings. The van der Waals surface area contributed by atoms with Crippen LogP contribution in [0.25, 0.3) is 0 Å². The zero-order valence-electron chi connectivity index (χ0n) is 13.7. The van der Waals surface area contributed by atoms with E-state index in [1.165, 1.54) is 31.3 Å². The van der Waals surface area contributed by atoms with Crippen molar-refractivity contribution in [2.75, 3.05) is 6.54 Å². The maximum Gasteiger partial charge on any atom is 0.252 e. The summed E-state index contributed by atoms with van der Waals surface area (Å²) in [6.07, 6.45) is 8.29. The van der Waals surface area contributed by atoms with Crippen LogP contribution in [0, 0.1) is 0 Å². The molecule has 126 valence electrons. The minimum atomic E-state index is 0.0211. The van der Waals surface area contributed by atoms with Gasteiger partial charge < -0.3 is 5.32 Å². The van der Waals surface area contributed by atoms with Gasteiger partial charge >= 0.3 is 0 Å². The van der Waals surface area contributed by atoms with Gasteiger partial charge in [-0.25, -0.2) is 4.98 Å². The molecule has 0 fully saturated rings. The van der Waals surface area contributed by atoms with Gasteiger partial charge in [-0.2, -0.15) is 0 Å². The highest BCUT2D eigenvalue weighted by molar-refractivity contribution is 7.98. The van der Waals surface area contributed by atoms with E-state index in [0.717, 1.165) is 34.9 Å². The summed E-state index contributed by atoms with van der Waals surface area (Å²) in [6.45, 7) is 0.718. The Kier molecular flexibility index (Phi) is 6.49. The van der Waals surface area contributed by atoms with Gasteiger partial charge in [-0.15, -0.1) is 23.1 Å². The molecule has 1 amide bonds. The molecule has 1 aliphatic carbocycles. The second kappa shape index (κ2) is 9.04. The Morgan fingerprint density at radius 1 is 1.29 bits per heavy atom. The summed E-state index contributed by atoms with van der Waals surface area (Å²) in [5, 5.41) is 5.12. The molecular formula is C19H22N2OS2. The molecule has 0 bridgehead atoms. The number of nitrogens with one attached hydrogen (secondary N) is 1. The SMILES string of the molecule is O=C(NCCC1=CCCCC1)c1ccccc1SCc1cscn1. The Labute approximate surface area is 151 Å². The molecular weight excluding hydrogens is 336 g/mol. The van der Waals surface area contributed by atoms with Crippen LogP contribution < -0.4 is 5.32 Å². The molecule has 5 heteroatoms. The number of amides is 1. The maximum atomic E-state index is 12.5. The Morgan fingerprint density at radius 3 is 3.00 bits per heavy atom. The molecule has 0 atom stereocenters. The van der Waals surface area contributed by atoms with E-state index in [2.05, 4.69) is 16.4 Å². The first-order valence-electron chi connectivity index (χ1n) is 8.38. The lowest BCUT2D eigenvalue weighted by Gasteiger charge is -2.13. The van der Waals surface area contributed by atoms with Crippen LogP contribution in [0.1, 0.15) is 48.2 Å². The molecule has 0 radical (unpaired) electrons. The predicted molar refractivity (Wildman–Crippen MR) is 102 cm³/mol. The first kappa shape index (κ1) is 17.2. The maximum absolute atomic E-state index is 12.5. The molecule has 1 aromatic carbocycles. The molecule has 2 aromatic rings. The van der Waals surface area contributed by atoms with Gasteiger partial charge in [0.2, 0.25) is 0 Å². The van der Waals surface area contributed by atoms with Crippen molar-refractivity contribution in [3.05, 3.63) is 58.1 Å². The molecule has 0 saturated heterocycles. The van der Waals surface area contributed by atoms with Gasteiger partial charge in [0.15, 0.2) is 0 Å². The lowest BCUT2D eigenvalue weighted by molar-refractivity contribution is 0.0951. The first-order chi connectivity index (χ1) is 11.8. The summed E-state index contributed by atoms with van der Waals surface area (Å²) in [6, 6.07) is 7.81. The van der Waals surface area contributed by atoms with E-state index < -0.39 is 0 Å². The van der Waals surface area contributed by atoms with Gasteiger partial charge in [0, 0.05) is 22.6 Å². The molecule has 1 aromatic heterocycles. The van der Waals surface area contributed by atoms with Crippen molar-refractivity contribution in [1.29, 1.82) is 0 Å². The van der Waals surface area contributed by atoms with Crippen LogP contribution in [0.2, 0.25) is 0 Å². The first-order valence-corrected chi connectivity index (χ1v) is 10.3. The monoisotopic (exact) mass is 358 g/mol. The molecule has 1 N–H and O–H groups in total. The quantitative estimate of drug-likeness (QED) is 0.556. The second-order valence-corrected chi connectivity index (χ2v) is 7.61. The molecule has 3 rings (SSSR count). The number of carbonyl (C=O) groups is 1. The highest BCUT2D eigenvalue weighted by atomic mass is 32.2. The minimum Gasteiger partial charge on any atom is -0.352 e. The van der Waals surface area contributed by atoms with Gasteiger partial charge in [0.05, 0.1) is 16.8 Å². The van der Waals surface area contributed by atoms with E-state index in [1.807, 2.05) is 35.2 Å². The number of allylic oxidation sites excluding steroid dienone is 1. The average molecular weight is 359 g/mol. The summed E-state index contributed by atoms with van der Waals surface area (Å²) < 4.78 is 0. The number of carbonyl (C=O) groups excluding carboxylic acids is 1. The van der Waals surface area contributed by atoms with Crippen molar-refractivity contribution in [1.82, 2.24) is 10.3 Å².